The van der Waals surface area contributed by atoms with Crippen molar-refractivity contribution in [2.24, 2.45) is 5.92 Å². The molecule has 0 N–H and O–H groups in total. The molecule has 1 aliphatic heterocycles. The molecule has 1 saturated heterocycles. The largest absolute Gasteiger partial charge is 0.493 e. The van der Waals surface area contributed by atoms with Crippen LogP contribution in [0.5, 0.6) is 5.75 Å². The second-order valence-corrected chi connectivity index (χ2v) is 6.43. The van der Waals surface area contributed by atoms with Crippen LogP contribution in [0.2, 0.25) is 5.02 Å². The van der Waals surface area contributed by atoms with E-state index in [1.54, 1.807) is 0 Å². The molecule has 1 heterocycles. The SMILES string of the molecule is Cc1cc(Cl)ccc1OCCCCN1CCC(C)CC1. The van der Waals surface area contributed by atoms with Gasteiger partial charge >= 0.3 is 0 Å². The lowest BCUT2D eigenvalue weighted by Gasteiger charge is -2.30. The summed E-state index contributed by atoms with van der Waals surface area (Å²) < 4.78 is 5.82. The molecule has 2 nitrogen and oxygen atoms in total. The third-order valence-corrected chi connectivity index (χ3v) is 4.37. The van der Waals surface area contributed by atoms with E-state index < -0.39 is 0 Å². The van der Waals surface area contributed by atoms with Crippen molar-refractivity contribution in [3.8, 4) is 5.75 Å². The van der Waals surface area contributed by atoms with Crippen molar-refractivity contribution < 1.29 is 4.74 Å². The predicted octanol–water partition coefficient (Wildman–Crippen LogP) is 4.54. The van der Waals surface area contributed by atoms with E-state index in [0.29, 0.717) is 0 Å². The van der Waals surface area contributed by atoms with Gasteiger partial charge in [-0.1, -0.05) is 18.5 Å². The van der Waals surface area contributed by atoms with Crippen molar-refractivity contribution in [2.45, 2.75) is 39.5 Å². The van der Waals surface area contributed by atoms with Crippen LogP contribution in [-0.4, -0.2) is 31.1 Å². The minimum atomic E-state index is 0.772. The van der Waals surface area contributed by atoms with Gasteiger partial charge in [0.1, 0.15) is 5.75 Å². The Morgan fingerprint density at radius 1 is 1.25 bits per heavy atom. The Morgan fingerprint density at radius 2 is 2.00 bits per heavy atom. The molecule has 1 aromatic rings. The maximum absolute atomic E-state index is 5.94. The van der Waals surface area contributed by atoms with E-state index >= 15 is 0 Å². The highest BCUT2D eigenvalue weighted by Crippen LogP contribution is 2.22. The van der Waals surface area contributed by atoms with Crippen molar-refractivity contribution in [1.82, 2.24) is 4.90 Å². The van der Waals surface area contributed by atoms with Crippen LogP contribution in [0.3, 0.4) is 0 Å². The molecule has 0 aromatic heterocycles. The van der Waals surface area contributed by atoms with Crippen LogP contribution >= 0.6 is 11.6 Å². The summed E-state index contributed by atoms with van der Waals surface area (Å²) in [6, 6.07) is 5.80. The van der Waals surface area contributed by atoms with Gasteiger partial charge in [0.05, 0.1) is 6.61 Å². The number of rotatable bonds is 6. The molecule has 1 aromatic carbocycles. The maximum atomic E-state index is 5.94. The number of hydrogen-bond donors (Lipinski definition) is 0. The first-order chi connectivity index (χ1) is 9.65. The molecular formula is C17H26ClNO. The normalized spacial score (nSPS) is 17.4. The molecule has 3 heteroatoms. The lowest BCUT2D eigenvalue weighted by molar-refractivity contribution is 0.184. The van der Waals surface area contributed by atoms with E-state index in [1.807, 2.05) is 25.1 Å². The van der Waals surface area contributed by atoms with Gasteiger partial charge in [-0.2, -0.15) is 0 Å². The molecule has 0 bridgehead atoms. The van der Waals surface area contributed by atoms with Gasteiger partial charge in [0.2, 0.25) is 0 Å². The summed E-state index contributed by atoms with van der Waals surface area (Å²) in [5, 5.41) is 0.772. The number of unbranched alkanes of at least 4 members (excludes halogenated alkanes) is 1. The fourth-order valence-corrected chi connectivity index (χ4v) is 2.91. The van der Waals surface area contributed by atoms with Crippen LogP contribution < -0.4 is 4.74 Å². The van der Waals surface area contributed by atoms with Crippen molar-refractivity contribution in [3.63, 3.8) is 0 Å². The first-order valence-electron chi connectivity index (χ1n) is 7.76. The van der Waals surface area contributed by atoms with E-state index in [-0.39, 0.29) is 0 Å². The van der Waals surface area contributed by atoms with Crippen LogP contribution in [-0.2, 0) is 0 Å². The zero-order valence-electron chi connectivity index (χ0n) is 12.7. The highest BCUT2D eigenvalue weighted by Gasteiger charge is 2.14. The van der Waals surface area contributed by atoms with E-state index in [1.165, 1.54) is 38.9 Å². The zero-order valence-corrected chi connectivity index (χ0v) is 13.5. The van der Waals surface area contributed by atoms with Gasteiger partial charge in [-0.05, 0) is 81.9 Å². The van der Waals surface area contributed by atoms with Gasteiger partial charge in [0.25, 0.3) is 0 Å². The van der Waals surface area contributed by atoms with E-state index in [0.717, 1.165) is 35.3 Å². The maximum Gasteiger partial charge on any atom is 0.122 e. The van der Waals surface area contributed by atoms with Crippen LogP contribution in [0.4, 0.5) is 0 Å². The summed E-state index contributed by atoms with van der Waals surface area (Å²) in [4.78, 5) is 2.59. The van der Waals surface area contributed by atoms with E-state index in [9.17, 15) is 0 Å². The summed E-state index contributed by atoms with van der Waals surface area (Å²) in [5.41, 5.74) is 1.11. The Kier molecular flexibility index (Phi) is 6.18. The number of likely N-dealkylation sites (tertiary alicyclic amines) is 1. The van der Waals surface area contributed by atoms with Gasteiger partial charge in [0, 0.05) is 5.02 Å². The second-order valence-electron chi connectivity index (χ2n) is 5.99. The zero-order chi connectivity index (χ0) is 14.4. The van der Waals surface area contributed by atoms with Gasteiger partial charge in [-0.25, -0.2) is 0 Å². The Balaban J connectivity index is 1.59. The van der Waals surface area contributed by atoms with Crippen LogP contribution in [0.25, 0.3) is 0 Å². The number of aryl methyl sites for hydroxylation is 1. The van der Waals surface area contributed by atoms with Crippen LogP contribution in [0.15, 0.2) is 18.2 Å². The van der Waals surface area contributed by atoms with Gasteiger partial charge in [0.15, 0.2) is 0 Å². The molecule has 0 saturated carbocycles. The van der Waals surface area contributed by atoms with E-state index in [4.69, 9.17) is 16.3 Å². The number of halogens is 1. The summed E-state index contributed by atoms with van der Waals surface area (Å²) in [5.74, 6) is 1.88. The minimum absolute atomic E-state index is 0.772. The molecule has 0 spiro atoms. The van der Waals surface area contributed by atoms with Crippen molar-refractivity contribution in [2.75, 3.05) is 26.2 Å². The fraction of sp³-hybridized carbons (Fsp3) is 0.647. The molecule has 112 valence electrons. The first-order valence-corrected chi connectivity index (χ1v) is 8.14. The molecule has 2 rings (SSSR count). The Morgan fingerprint density at radius 3 is 2.70 bits per heavy atom. The number of piperidine rings is 1. The topological polar surface area (TPSA) is 12.5 Å². The fourth-order valence-electron chi connectivity index (χ4n) is 2.68. The van der Waals surface area contributed by atoms with Gasteiger partial charge < -0.3 is 9.64 Å². The number of nitrogens with zero attached hydrogens (tertiary/aromatic N) is 1. The molecule has 0 aliphatic carbocycles. The van der Waals surface area contributed by atoms with Crippen LogP contribution in [0.1, 0.15) is 38.2 Å². The smallest absolute Gasteiger partial charge is 0.122 e. The summed E-state index contributed by atoms with van der Waals surface area (Å²) in [6.07, 6.45) is 5.07. The summed E-state index contributed by atoms with van der Waals surface area (Å²) in [7, 11) is 0. The van der Waals surface area contributed by atoms with Crippen molar-refractivity contribution >= 4 is 11.6 Å². The van der Waals surface area contributed by atoms with Gasteiger partial charge in [-0.3, -0.25) is 0 Å². The molecule has 1 fully saturated rings. The Bertz CT molecular complexity index is 413. The number of hydrogen-bond acceptors (Lipinski definition) is 2. The van der Waals surface area contributed by atoms with Crippen LogP contribution in [0, 0.1) is 12.8 Å². The van der Waals surface area contributed by atoms with Crippen molar-refractivity contribution in [1.29, 1.82) is 0 Å². The van der Waals surface area contributed by atoms with E-state index in [2.05, 4.69) is 11.8 Å². The molecule has 0 amide bonds. The third-order valence-electron chi connectivity index (χ3n) is 4.14. The second kappa shape index (κ2) is 7.90. The predicted molar refractivity (Wildman–Crippen MR) is 85.8 cm³/mol. The summed E-state index contributed by atoms with van der Waals surface area (Å²) in [6.45, 7) is 8.97. The minimum Gasteiger partial charge on any atom is -0.493 e. The Labute approximate surface area is 128 Å². The molecule has 1 aliphatic rings. The highest BCUT2D eigenvalue weighted by molar-refractivity contribution is 6.30. The summed E-state index contributed by atoms with van der Waals surface area (Å²) >= 11 is 5.94. The Hall–Kier alpha value is -0.730. The molecule has 20 heavy (non-hydrogen) atoms. The monoisotopic (exact) mass is 295 g/mol. The lowest BCUT2D eigenvalue weighted by atomic mass is 9.99. The average Bonchev–Trinajstić information content (AvgIpc) is 2.42. The lowest BCUT2D eigenvalue weighted by Crippen LogP contribution is -2.33. The average molecular weight is 296 g/mol. The standard InChI is InChI=1S/C17H26ClNO/c1-14-7-10-19(11-8-14)9-3-4-12-20-17-6-5-16(18)13-15(17)2/h5-6,13-14H,3-4,7-12H2,1-2H3. The van der Waals surface area contributed by atoms with Crippen molar-refractivity contribution in [3.05, 3.63) is 28.8 Å². The molecule has 0 unspecified atom stereocenters. The number of ether oxygens (including phenoxy) is 1. The quantitative estimate of drug-likeness (QED) is 0.715. The highest BCUT2D eigenvalue weighted by atomic mass is 35.5. The molecular weight excluding hydrogens is 270 g/mol. The molecule has 0 atom stereocenters. The molecule has 0 radical (unpaired) electrons. The number of benzene rings is 1. The third kappa shape index (κ3) is 4.99. The van der Waals surface area contributed by atoms with Gasteiger partial charge in [-0.15, -0.1) is 0 Å². The first kappa shape index (κ1) is 15.7.